The number of morpholine rings is 1. The third kappa shape index (κ3) is 3.75. The van der Waals surface area contributed by atoms with Gasteiger partial charge in [0.15, 0.2) is 0 Å². The molecule has 2 heterocycles. The summed E-state index contributed by atoms with van der Waals surface area (Å²) >= 11 is 0. The van der Waals surface area contributed by atoms with Gasteiger partial charge in [-0.3, -0.25) is 4.90 Å². The second kappa shape index (κ2) is 6.33. The van der Waals surface area contributed by atoms with Crippen molar-refractivity contribution >= 4 is 0 Å². The topological polar surface area (TPSA) is 24.5 Å². The number of fused-ring (bicyclic) bond motifs is 1. The van der Waals surface area contributed by atoms with Gasteiger partial charge in [0.05, 0.1) is 12.7 Å². The molecule has 1 saturated carbocycles. The van der Waals surface area contributed by atoms with Gasteiger partial charge >= 0.3 is 0 Å². The Kier molecular flexibility index (Phi) is 4.68. The highest BCUT2D eigenvalue weighted by Gasteiger charge is 2.32. The van der Waals surface area contributed by atoms with E-state index in [4.69, 9.17) is 4.74 Å². The van der Waals surface area contributed by atoms with E-state index in [1.807, 2.05) is 0 Å². The molecule has 0 amide bonds. The number of hydrogen-bond donors (Lipinski definition) is 1. The largest absolute Gasteiger partial charge is 0.374 e. The van der Waals surface area contributed by atoms with Crippen molar-refractivity contribution in [3.8, 4) is 0 Å². The van der Waals surface area contributed by atoms with Gasteiger partial charge in [-0.05, 0) is 50.5 Å². The molecule has 2 saturated heterocycles. The van der Waals surface area contributed by atoms with Crippen LogP contribution in [-0.4, -0.2) is 49.3 Å². The standard InChI is InChI=1S/C17H32N2O/c1-17(2)8-3-5-14(7-9-17)18-11-16-12-19-10-4-6-15(19)13-20-16/h14-16,18H,3-13H2,1-2H3. The van der Waals surface area contributed by atoms with Crippen molar-refractivity contribution in [2.24, 2.45) is 5.41 Å². The molecule has 3 heteroatoms. The summed E-state index contributed by atoms with van der Waals surface area (Å²) in [6.07, 6.45) is 9.95. The molecule has 0 aromatic heterocycles. The summed E-state index contributed by atoms with van der Waals surface area (Å²) in [5, 5.41) is 3.80. The van der Waals surface area contributed by atoms with E-state index in [9.17, 15) is 0 Å². The van der Waals surface area contributed by atoms with Gasteiger partial charge in [0, 0.05) is 25.2 Å². The van der Waals surface area contributed by atoms with E-state index < -0.39 is 0 Å². The lowest BCUT2D eigenvalue weighted by molar-refractivity contribution is -0.0480. The van der Waals surface area contributed by atoms with Gasteiger partial charge in [0.2, 0.25) is 0 Å². The number of nitrogens with one attached hydrogen (secondary N) is 1. The lowest BCUT2D eigenvalue weighted by Gasteiger charge is -2.36. The highest BCUT2D eigenvalue weighted by Crippen LogP contribution is 2.33. The van der Waals surface area contributed by atoms with Crippen molar-refractivity contribution in [3.63, 3.8) is 0 Å². The van der Waals surface area contributed by atoms with Gasteiger partial charge in [-0.2, -0.15) is 0 Å². The smallest absolute Gasteiger partial charge is 0.0827 e. The Labute approximate surface area is 124 Å². The monoisotopic (exact) mass is 280 g/mol. The Bertz CT molecular complexity index is 314. The Morgan fingerprint density at radius 2 is 2.05 bits per heavy atom. The lowest BCUT2D eigenvalue weighted by atomic mass is 9.85. The van der Waals surface area contributed by atoms with E-state index in [1.165, 1.54) is 51.5 Å². The molecule has 0 spiro atoms. The fourth-order valence-electron chi connectivity index (χ4n) is 4.17. The van der Waals surface area contributed by atoms with E-state index in [0.717, 1.165) is 31.8 Å². The zero-order valence-electron chi connectivity index (χ0n) is 13.4. The second-order valence-corrected chi connectivity index (χ2v) is 7.95. The van der Waals surface area contributed by atoms with Crippen LogP contribution in [0.1, 0.15) is 58.8 Å². The number of ether oxygens (including phenoxy) is 1. The maximum Gasteiger partial charge on any atom is 0.0827 e. The first kappa shape index (κ1) is 14.8. The molecule has 116 valence electrons. The van der Waals surface area contributed by atoms with Crippen LogP contribution in [0, 0.1) is 5.41 Å². The molecule has 3 unspecified atom stereocenters. The van der Waals surface area contributed by atoms with Gasteiger partial charge < -0.3 is 10.1 Å². The summed E-state index contributed by atoms with van der Waals surface area (Å²) in [5.41, 5.74) is 0.556. The molecule has 3 rings (SSSR count). The maximum absolute atomic E-state index is 6.05. The Morgan fingerprint density at radius 1 is 1.15 bits per heavy atom. The first-order valence-electron chi connectivity index (χ1n) is 8.71. The number of nitrogens with zero attached hydrogens (tertiary/aromatic N) is 1. The summed E-state index contributed by atoms with van der Waals surface area (Å²) in [4.78, 5) is 2.64. The number of rotatable bonds is 3. The van der Waals surface area contributed by atoms with Crippen molar-refractivity contribution in [2.45, 2.75) is 77.0 Å². The summed E-state index contributed by atoms with van der Waals surface area (Å²) in [6.45, 7) is 9.30. The minimum Gasteiger partial charge on any atom is -0.374 e. The van der Waals surface area contributed by atoms with Crippen LogP contribution >= 0.6 is 0 Å². The highest BCUT2D eigenvalue weighted by atomic mass is 16.5. The van der Waals surface area contributed by atoms with Crippen LogP contribution in [0.2, 0.25) is 0 Å². The average Bonchev–Trinajstić information content (AvgIpc) is 2.81. The number of hydrogen-bond acceptors (Lipinski definition) is 3. The maximum atomic E-state index is 6.05. The SMILES string of the molecule is CC1(C)CCCC(NCC2CN3CCCC3CO2)CC1. The van der Waals surface area contributed by atoms with Crippen molar-refractivity contribution in [3.05, 3.63) is 0 Å². The van der Waals surface area contributed by atoms with Crippen molar-refractivity contribution in [1.82, 2.24) is 10.2 Å². The van der Waals surface area contributed by atoms with E-state index >= 15 is 0 Å². The van der Waals surface area contributed by atoms with E-state index in [2.05, 4.69) is 24.1 Å². The van der Waals surface area contributed by atoms with E-state index in [-0.39, 0.29) is 0 Å². The first-order chi connectivity index (χ1) is 9.62. The summed E-state index contributed by atoms with van der Waals surface area (Å²) in [6, 6.07) is 1.45. The highest BCUT2D eigenvalue weighted by molar-refractivity contribution is 4.87. The van der Waals surface area contributed by atoms with Gasteiger partial charge in [0.1, 0.15) is 0 Å². The molecule has 0 aromatic carbocycles. The molecule has 0 radical (unpaired) electrons. The first-order valence-corrected chi connectivity index (χ1v) is 8.71. The fourth-order valence-corrected chi connectivity index (χ4v) is 4.17. The van der Waals surface area contributed by atoms with Crippen LogP contribution in [0.5, 0.6) is 0 Å². The molecule has 2 aliphatic heterocycles. The molecule has 3 nitrogen and oxygen atoms in total. The van der Waals surface area contributed by atoms with E-state index in [0.29, 0.717) is 11.5 Å². The predicted molar refractivity (Wildman–Crippen MR) is 83.0 cm³/mol. The fraction of sp³-hybridized carbons (Fsp3) is 1.00. The molecular formula is C17H32N2O. The minimum absolute atomic E-state index is 0.417. The minimum atomic E-state index is 0.417. The Hall–Kier alpha value is -0.120. The molecule has 3 atom stereocenters. The molecule has 20 heavy (non-hydrogen) atoms. The summed E-state index contributed by atoms with van der Waals surface area (Å²) in [5.74, 6) is 0. The molecule has 0 aromatic rings. The third-order valence-electron chi connectivity index (χ3n) is 5.67. The van der Waals surface area contributed by atoms with Crippen LogP contribution in [0.15, 0.2) is 0 Å². The quantitative estimate of drug-likeness (QED) is 0.805. The third-order valence-corrected chi connectivity index (χ3v) is 5.67. The predicted octanol–water partition coefficient (Wildman–Crippen LogP) is 2.80. The van der Waals surface area contributed by atoms with Crippen molar-refractivity contribution in [2.75, 3.05) is 26.2 Å². The van der Waals surface area contributed by atoms with Crippen LogP contribution < -0.4 is 5.32 Å². The molecule has 1 N–H and O–H groups in total. The van der Waals surface area contributed by atoms with Gasteiger partial charge in [0.25, 0.3) is 0 Å². The van der Waals surface area contributed by atoms with Crippen LogP contribution in [0.4, 0.5) is 0 Å². The summed E-state index contributed by atoms with van der Waals surface area (Å²) in [7, 11) is 0. The second-order valence-electron chi connectivity index (χ2n) is 7.95. The lowest BCUT2D eigenvalue weighted by Crippen LogP contribution is -2.50. The molecule has 3 aliphatic rings. The molecule has 0 bridgehead atoms. The van der Waals surface area contributed by atoms with Gasteiger partial charge in [-0.25, -0.2) is 0 Å². The summed E-state index contributed by atoms with van der Waals surface area (Å²) < 4.78 is 6.05. The van der Waals surface area contributed by atoms with Crippen LogP contribution in [0.3, 0.4) is 0 Å². The Balaban J connectivity index is 1.41. The van der Waals surface area contributed by atoms with Crippen molar-refractivity contribution < 1.29 is 4.74 Å². The van der Waals surface area contributed by atoms with E-state index in [1.54, 1.807) is 0 Å². The van der Waals surface area contributed by atoms with Crippen LogP contribution in [-0.2, 0) is 4.74 Å². The normalized spacial score (nSPS) is 38.4. The van der Waals surface area contributed by atoms with Crippen LogP contribution in [0.25, 0.3) is 0 Å². The molecule has 1 aliphatic carbocycles. The van der Waals surface area contributed by atoms with Gasteiger partial charge in [-0.1, -0.05) is 20.3 Å². The Morgan fingerprint density at radius 3 is 2.95 bits per heavy atom. The molecule has 3 fully saturated rings. The average molecular weight is 280 g/mol. The zero-order chi connectivity index (χ0) is 14.0. The zero-order valence-corrected chi connectivity index (χ0v) is 13.4. The molecular weight excluding hydrogens is 248 g/mol. The van der Waals surface area contributed by atoms with Gasteiger partial charge in [-0.15, -0.1) is 0 Å². The van der Waals surface area contributed by atoms with Crippen molar-refractivity contribution in [1.29, 1.82) is 0 Å².